The van der Waals surface area contributed by atoms with Gasteiger partial charge in [-0.3, -0.25) is 10.4 Å². The molecule has 3 heterocycles. The monoisotopic (exact) mass is 428 g/mol. The second-order valence-electron chi connectivity index (χ2n) is 6.03. The van der Waals surface area contributed by atoms with Crippen LogP contribution in [0.15, 0.2) is 40.8 Å². The number of H-pyrrole nitrogens is 1. The Bertz CT molecular complexity index is 1290. The number of nitrogens with zero attached hydrogens (tertiary/aromatic N) is 4. The number of aryl methyl sites for hydroxylation is 1. The van der Waals surface area contributed by atoms with Gasteiger partial charge in [0.1, 0.15) is 5.52 Å². The van der Waals surface area contributed by atoms with Gasteiger partial charge in [0.05, 0.1) is 16.9 Å². The molecule has 4 rings (SSSR count). The van der Waals surface area contributed by atoms with E-state index in [1.54, 1.807) is 24.7 Å². The first-order chi connectivity index (χ1) is 13.6. The molecule has 6 nitrogen and oxygen atoms in total. The molecule has 0 bridgehead atoms. The zero-order valence-electron chi connectivity index (χ0n) is 14.5. The van der Waals surface area contributed by atoms with Gasteiger partial charge in [0.25, 0.3) is 0 Å². The van der Waals surface area contributed by atoms with E-state index < -0.39 is 0 Å². The standard InChI is InChI=1S/C19H14Cl2N6S/c1-2-3-4-7-27-10-24-17(22)16-18(27)26-19(25-16)28-14-9-11(20)8-12-13(21)5-6-23-15(12)14/h1,5-6,8-10,22H,3-4,7H2,(H,25,26). The second-order valence-corrected chi connectivity index (χ2v) is 7.90. The maximum Gasteiger partial charge on any atom is 0.173 e. The van der Waals surface area contributed by atoms with E-state index in [0.29, 0.717) is 39.3 Å². The van der Waals surface area contributed by atoms with E-state index in [-0.39, 0.29) is 5.49 Å². The number of aromatic amines is 1. The fourth-order valence-corrected chi connectivity index (χ4v) is 4.29. The Kier molecular flexibility index (Phi) is 5.27. The lowest BCUT2D eigenvalue weighted by Gasteiger charge is -2.06. The van der Waals surface area contributed by atoms with Crippen molar-refractivity contribution in [3.63, 3.8) is 0 Å². The number of terminal acetylenes is 1. The number of benzene rings is 1. The first-order valence-corrected chi connectivity index (χ1v) is 9.99. The van der Waals surface area contributed by atoms with Crippen LogP contribution in [0.2, 0.25) is 10.0 Å². The molecule has 9 heteroatoms. The Labute approximate surface area is 174 Å². The number of unbranched alkanes of at least 4 members (excludes halogenated alkanes) is 1. The topological polar surface area (TPSA) is 83.2 Å². The molecule has 2 N–H and O–H groups in total. The summed E-state index contributed by atoms with van der Waals surface area (Å²) in [4.78, 5) is 17.2. The summed E-state index contributed by atoms with van der Waals surface area (Å²) in [5, 5.41) is 10.6. The van der Waals surface area contributed by atoms with Crippen LogP contribution < -0.4 is 5.49 Å². The van der Waals surface area contributed by atoms with Crippen molar-refractivity contribution in [1.29, 1.82) is 5.41 Å². The number of fused-ring (bicyclic) bond motifs is 2. The molecule has 3 aromatic heterocycles. The predicted molar refractivity (Wildman–Crippen MR) is 112 cm³/mol. The van der Waals surface area contributed by atoms with Crippen LogP contribution in [0.5, 0.6) is 0 Å². The summed E-state index contributed by atoms with van der Waals surface area (Å²) >= 11 is 13.9. The van der Waals surface area contributed by atoms with Crippen LogP contribution >= 0.6 is 35.0 Å². The molecule has 140 valence electrons. The largest absolute Gasteiger partial charge is 0.328 e. The Morgan fingerprint density at radius 1 is 1.29 bits per heavy atom. The van der Waals surface area contributed by atoms with E-state index in [0.717, 1.165) is 22.2 Å². The number of hydrogen-bond donors (Lipinski definition) is 2. The zero-order valence-corrected chi connectivity index (χ0v) is 16.9. The maximum absolute atomic E-state index is 8.07. The van der Waals surface area contributed by atoms with E-state index in [1.165, 1.54) is 11.8 Å². The molecule has 0 atom stereocenters. The highest BCUT2D eigenvalue weighted by molar-refractivity contribution is 7.99. The molecule has 0 amide bonds. The quantitative estimate of drug-likeness (QED) is 0.357. The van der Waals surface area contributed by atoms with Gasteiger partial charge in [-0.15, -0.1) is 12.3 Å². The Balaban J connectivity index is 1.77. The fraction of sp³-hybridized carbons (Fsp3) is 0.158. The molecule has 0 unspecified atom stereocenters. The molecule has 0 fully saturated rings. The lowest BCUT2D eigenvalue weighted by molar-refractivity contribution is 0.653. The first-order valence-electron chi connectivity index (χ1n) is 8.41. The highest BCUT2D eigenvalue weighted by atomic mass is 35.5. The molecule has 0 saturated heterocycles. The van der Waals surface area contributed by atoms with E-state index in [4.69, 9.17) is 35.0 Å². The molecule has 4 aromatic rings. The van der Waals surface area contributed by atoms with Gasteiger partial charge in [-0.1, -0.05) is 23.2 Å². The van der Waals surface area contributed by atoms with Crippen LogP contribution in [0.25, 0.3) is 22.1 Å². The van der Waals surface area contributed by atoms with Gasteiger partial charge in [-0.25, -0.2) is 9.97 Å². The van der Waals surface area contributed by atoms with Crippen LogP contribution in [0.1, 0.15) is 12.8 Å². The average Bonchev–Trinajstić information content (AvgIpc) is 3.09. The van der Waals surface area contributed by atoms with E-state index in [9.17, 15) is 0 Å². The van der Waals surface area contributed by atoms with Crippen molar-refractivity contribution in [3.8, 4) is 12.3 Å². The third-order valence-corrected chi connectivity index (χ3v) is 5.61. The SMILES string of the molecule is C#CCCCn1cnc(=N)c2[nH]c(Sc3cc(Cl)cc4c(Cl)ccnc34)nc21. The van der Waals surface area contributed by atoms with Gasteiger partial charge < -0.3 is 9.55 Å². The normalized spacial score (nSPS) is 11.2. The molecule has 0 spiro atoms. The summed E-state index contributed by atoms with van der Waals surface area (Å²) in [6.07, 6.45) is 10.1. The predicted octanol–water partition coefficient (Wildman–Crippen LogP) is 4.66. The van der Waals surface area contributed by atoms with Crippen molar-refractivity contribution in [2.45, 2.75) is 29.4 Å². The van der Waals surface area contributed by atoms with E-state index in [2.05, 4.69) is 25.9 Å². The highest BCUT2D eigenvalue weighted by Gasteiger charge is 2.14. The summed E-state index contributed by atoms with van der Waals surface area (Å²) in [5.41, 5.74) is 2.12. The zero-order chi connectivity index (χ0) is 19.7. The maximum atomic E-state index is 8.07. The third-order valence-electron chi connectivity index (χ3n) is 4.15. The van der Waals surface area contributed by atoms with Gasteiger partial charge >= 0.3 is 0 Å². The van der Waals surface area contributed by atoms with Gasteiger partial charge in [0.2, 0.25) is 0 Å². The van der Waals surface area contributed by atoms with Crippen LogP contribution in [0.4, 0.5) is 0 Å². The number of aromatic nitrogens is 5. The minimum atomic E-state index is 0.139. The van der Waals surface area contributed by atoms with Crippen LogP contribution in [0.3, 0.4) is 0 Å². The molecule has 28 heavy (non-hydrogen) atoms. The van der Waals surface area contributed by atoms with Crippen molar-refractivity contribution in [1.82, 2.24) is 24.5 Å². The summed E-state index contributed by atoms with van der Waals surface area (Å²) in [5.74, 6) is 2.63. The minimum Gasteiger partial charge on any atom is -0.328 e. The molecule has 0 radical (unpaired) electrons. The Hall–Kier alpha value is -2.53. The second kappa shape index (κ2) is 7.84. The van der Waals surface area contributed by atoms with Crippen LogP contribution in [-0.2, 0) is 6.54 Å². The van der Waals surface area contributed by atoms with Gasteiger partial charge in [0, 0.05) is 34.5 Å². The number of pyridine rings is 1. The van der Waals surface area contributed by atoms with Crippen molar-refractivity contribution in [2.24, 2.45) is 0 Å². The van der Waals surface area contributed by atoms with Crippen molar-refractivity contribution >= 4 is 57.0 Å². The Morgan fingerprint density at radius 2 is 2.14 bits per heavy atom. The van der Waals surface area contributed by atoms with Crippen molar-refractivity contribution in [3.05, 3.63) is 46.3 Å². The molecule has 0 aliphatic rings. The lowest BCUT2D eigenvalue weighted by atomic mass is 10.2. The molecule has 0 saturated carbocycles. The smallest absolute Gasteiger partial charge is 0.173 e. The van der Waals surface area contributed by atoms with Gasteiger partial charge in [-0.05, 0) is 36.4 Å². The Morgan fingerprint density at radius 3 is 2.96 bits per heavy atom. The molecular formula is C19H14Cl2N6S. The van der Waals surface area contributed by atoms with Crippen LogP contribution in [0, 0.1) is 17.8 Å². The van der Waals surface area contributed by atoms with Crippen LogP contribution in [-0.4, -0.2) is 24.5 Å². The summed E-state index contributed by atoms with van der Waals surface area (Å²) < 4.78 is 1.90. The van der Waals surface area contributed by atoms with E-state index >= 15 is 0 Å². The first kappa shape index (κ1) is 18.8. The molecule has 1 aromatic carbocycles. The fourth-order valence-electron chi connectivity index (χ4n) is 2.86. The summed E-state index contributed by atoms with van der Waals surface area (Å²) in [6, 6.07) is 5.35. The average molecular weight is 429 g/mol. The highest BCUT2D eigenvalue weighted by Crippen LogP contribution is 2.36. The van der Waals surface area contributed by atoms with Crippen molar-refractivity contribution < 1.29 is 0 Å². The van der Waals surface area contributed by atoms with Gasteiger partial charge in [-0.2, -0.15) is 0 Å². The third kappa shape index (κ3) is 3.59. The number of nitrogens with one attached hydrogen (secondary N) is 2. The summed E-state index contributed by atoms with van der Waals surface area (Å²) in [6.45, 7) is 0.681. The number of halogens is 2. The molecular weight excluding hydrogens is 415 g/mol. The molecule has 0 aliphatic carbocycles. The number of hydrogen-bond acceptors (Lipinski definition) is 5. The number of imidazole rings is 1. The van der Waals surface area contributed by atoms with E-state index in [1.807, 2.05) is 10.6 Å². The van der Waals surface area contributed by atoms with Gasteiger partial charge in [0.15, 0.2) is 16.3 Å². The minimum absolute atomic E-state index is 0.139. The molecule has 0 aliphatic heterocycles. The summed E-state index contributed by atoms with van der Waals surface area (Å²) in [7, 11) is 0. The van der Waals surface area contributed by atoms with Crippen molar-refractivity contribution in [2.75, 3.05) is 0 Å². The lowest BCUT2D eigenvalue weighted by Crippen LogP contribution is -2.12. The number of rotatable bonds is 5.